The standard InChI is InChI=1S/C18H13Cl2NO2S/c1-11-2-4-12(5-3-11)10-21-17(22)16(24-18(21)23)8-13-6-7-14(19)9-15(13)20/h2-9H,10H2,1H3. The summed E-state index contributed by atoms with van der Waals surface area (Å²) in [4.78, 5) is 26.3. The van der Waals surface area contributed by atoms with Gasteiger partial charge in [0.25, 0.3) is 11.1 Å². The first-order valence-electron chi connectivity index (χ1n) is 7.20. The van der Waals surface area contributed by atoms with Crippen molar-refractivity contribution in [3.05, 3.63) is 74.1 Å². The molecule has 1 fully saturated rings. The molecule has 122 valence electrons. The molecule has 2 amide bonds. The number of imide groups is 1. The number of thioether (sulfide) groups is 1. The minimum Gasteiger partial charge on any atom is -0.268 e. The van der Waals surface area contributed by atoms with E-state index < -0.39 is 0 Å². The Kier molecular flexibility index (Phi) is 4.99. The third-order valence-corrected chi connectivity index (χ3v) is 5.05. The van der Waals surface area contributed by atoms with Gasteiger partial charge in [-0.25, -0.2) is 0 Å². The van der Waals surface area contributed by atoms with Crippen LogP contribution in [0.3, 0.4) is 0 Å². The van der Waals surface area contributed by atoms with Gasteiger partial charge >= 0.3 is 0 Å². The third kappa shape index (κ3) is 3.66. The van der Waals surface area contributed by atoms with E-state index >= 15 is 0 Å². The fourth-order valence-electron chi connectivity index (χ4n) is 2.27. The van der Waals surface area contributed by atoms with Gasteiger partial charge in [0.2, 0.25) is 0 Å². The lowest BCUT2D eigenvalue weighted by atomic mass is 10.1. The number of nitrogens with zero attached hydrogens (tertiary/aromatic N) is 1. The highest BCUT2D eigenvalue weighted by Gasteiger charge is 2.35. The number of carbonyl (C=O) groups excluding carboxylic acids is 2. The van der Waals surface area contributed by atoms with Crippen LogP contribution in [0.4, 0.5) is 4.79 Å². The molecule has 24 heavy (non-hydrogen) atoms. The van der Waals surface area contributed by atoms with E-state index in [-0.39, 0.29) is 17.7 Å². The molecule has 0 atom stereocenters. The first-order valence-corrected chi connectivity index (χ1v) is 8.77. The number of amides is 2. The first-order chi connectivity index (χ1) is 11.4. The molecule has 0 aliphatic carbocycles. The molecule has 1 heterocycles. The lowest BCUT2D eigenvalue weighted by molar-refractivity contribution is -0.123. The molecule has 0 radical (unpaired) electrons. The number of hydrogen-bond donors (Lipinski definition) is 0. The van der Waals surface area contributed by atoms with Crippen molar-refractivity contribution in [2.24, 2.45) is 0 Å². The summed E-state index contributed by atoms with van der Waals surface area (Å²) in [5.74, 6) is -0.309. The van der Waals surface area contributed by atoms with E-state index in [1.165, 1.54) is 4.90 Å². The van der Waals surface area contributed by atoms with Gasteiger partial charge in [0.1, 0.15) is 0 Å². The Hall–Kier alpha value is -1.75. The Morgan fingerprint density at radius 2 is 1.79 bits per heavy atom. The number of rotatable bonds is 3. The second-order valence-electron chi connectivity index (χ2n) is 5.42. The van der Waals surface area contributed by atoms with Crippen molar-refractivity contribution < 1.29 is 9.59 Å². The van der Waals surface area contributed by atoms with Gasteiger partial charge in [0.05, 0.1) is 11.4 Å². The zero-order valence-electron chi connectivity index (χ0n) is 12.8. The highest BCUT2D eigenvalue weighted by molar-refractivity contribution is 8.18. The number of halogens is 2. The molecule has 0 N–H and O–H groups in total. The maximum Gasteiger partial charge on any atom is 0.293 e. The quantitative estimate of drug-likeness (QED) is 0.659. The zero-order valence-corrected chi connectivity index (χ0v) is 15.1. The predicted octanol–water partition coefficient (Wildman–Crippen LogP) is 5.54. The molecule has 1 saturated heterocycles. The highest BCUT2D eigenvalue weighted by Crippen LogP contribution is 2.34. The maximum atomic E-state index is 12.5. The molecule has 0 spiro atoms. The van der Waals surface area contributed by atoms with Gasteiger partial charge in [-0.05, 0) is 48.0 Å². The molecule has 2 aromatic rings. The third-order valence-electron chi connectivity index (χ3n) is 3.58. The largest absolute Gasteiger partial charge is 0.293 e. The van der Waals surface area contributed by atoms with Crippen LogP contribution in [0.15, 0.2) is 47.4 Å². The normalized spacial score (nSPS) is 16.3. The van der Waals surface area contributed by atoms with E-state index in [2.05, 4.69) is 0 Å². The summed E-state index contributed by atoms with van der Waals surface area (Å²) in [5.41, 5.74) is 2.70. The van der Waals surface area contributed by atoms with Crippen LogP contribution < -0.4 is 0 Å². The molecule has 6 heteroatoms. The lowest BCUT2D eigenvalue weighted by Crippen LogP contribution is -2.27. The summed E-state index contributed by atoms with van der Waals surface area (Å²) < 4.78 is 0. The summed E-state index contributed by atoms with van der Waals surface area (Å²) in [5, 5.41) is 0.675. The molecule has 0 bridgehead atoms. The highest BCUT2D eigenvalue weighted by atomic mass is 35.5. The number of hydrogen-bond acceptors (Lipinski definition) is 3. The first kappa shape index (κ1) is 17.1. The van der Waals surface area contributed by atoms with Crippen LogP contribution in [0.5, 0.6) is 0 Å². The molecule has 1 aliphatic rings. The number of aryl methyl sites for hydroxylation is 1. The van der Waals surface area contributed by atoms with Crippen LogP contribution in [0.1, 0.15) is 16.7 Å². The van der Waals surface area contributed by atoms with E-state index in [1.807, 2.05) is 31.2 Å². The van der Waals surface area contributed by atoms with E-state index in [9.17, 15) is 9.59 Å². The second kappa shape index (κ2) is 7.01. The molecule has 0 aromatic heterocycles. The molecule has 3 rings (SSSR count). The van der Waals surface area contributed by atoms with Crippen molar-refractivity contribution in [2.75, 3.05) is 0 Å². The Balaban J connectivity index is 1.83. The maximum absolute atomic E-state index is 12.5. The summed E-state index contributed by atoms with van der Waals surface area (Å²) in [7, 11) is 0. The summed E-state index contributed by atoms with van der Waals surface area (Å²) in [6, 6.07) is 12.8. The molecular formula is C18H13Cl2NO2S. The van der Waals surface area contributed by atoms with Gasteiger partial charge in [-0.2, -0.15) is 0 Å². The van der Waals surface area contributed by atoms with Gasteiger partial charge in [-0.15, -0.1) is 0 Å². The fourth-order valence-corrected chi connectivity index (χ4v) is 3.56. The van der Waals surface area contributed by atoms with Crippen molar-refractivity contribution >= 4 is 52.2 Å². The van der Waals surface area contributed by atoms with Crippen molar-refractivity contribution in [1.29, 1.82) is 0 Å². The fraction of sp³-hybridized carbons (Fsp3) is 0.111. The van der Waals surface area contributed by atoms with Gasteiger partial charge < -0.3 is 0 Å². The van der Waals surface area contributed by atoms with Crippen LogP contribution in [0.2, 0.25) is 10.0 Å². The summed E-state index contributed by atoms with van der Waals surface area (Å²) >= 11 is 12.9. The minimum atomic E-state index is -0.309. The molecule has 0 unspecified atom stereocenters. The lowest BCUT2D eigenvalue weighted by Gasteiger charge is -2.12. The van der Waals surface area contributed by atoms with E-state index in [0.29, 0.717) is 20.5 Å². The SMILES string of the molecule is Cc1ccc(CN2C(=O)SC(=Cc3ccc(Cl)cc3Cl)C2=O)cc1. The second-order valence-corrected chi connectivity index (χ2v) is 7.26. The Morgan fingerprint density at radius 3 is 2.46 bits per heavy atom. The van der Waals surface area contributed by atoms with Crippen LogP contribution in [-0.2, 0) is 11.3 Å². The summed E-state index contributed by atoms with van der Waals surface area (Å²) in [6.45, 7) is 2.25. The predicted molar refractivity (Wildman–Crippen MR) is 99.2 cm³/mol. The Labute approximate surface area is 154 Å². The van der Waals surface area contributed by atoms with Crippen molar-refractivity contribution in [3.8, 4) is 0 Å². The molecule has 3 nitrogen and oxygen atoms in total. The Morgan fingerprint density at radius 1 is 1.08 bits per heavy atom. The number of benzene rings is 2. The van der Waals surface area contributed by atoms with E-state index in [4.69, 9.17) is 23.2 Å². The van der Waals surface area contributed by atoms with E-state index in [0.717, 1.165) is 22.9 Å². The smallest absolute Gasteiger partial charge is 0.268 e. The van der Waals surface area contributed by atoms with Crippen LogP contribution in [0.25, 0.3) is 6.08 Å². The van der Waals surface area contributed by atoms with Gasteiger partial charge in [0.15, 0.2) is 0 Å². The van der Waals surface area contributed by atoms with Crippen molar-refractivity contribution in [1.82, 2.24) is 4.90 Å². The topological polar surface area (TPSA) is 37.4 Å². The average Bonchev–Trinajstić information content (AvgIpc) is 2.80. The molecule has 2 aromatic carbocycles. The number of carbonyl (C=O) groups is 2. The van der Waals surface area contributed by atoms with Crippen LogP contribution in [0, 0.1) is 6.92 Å². The van der Waals surface area contributed by atoms with Gasteiger partial charge in [-0.1, -0.05) is 59.1 Å². The zero-order chi connectivity index (χ0) is 17.3. The average molecular weight is 378 g/mol. The molecule has 0 saturated carbocycles. The monoisotopic (exact) mass is 377 g/mol. The molecular weight excluding hydrogens is 365 g/mol. The summed E-state index contributed by atoms with van der Waals surface area (Å²) in [6.07, 6.45) is 1.62. The van der Waals surface area contributed by atoms with Crippen molar-refractivity contribution in [2.45, 2.75) is 13.5 Å². The Bertz CT molecular complexity index is 847. The van der Waals surface area contributed by atoms with Crippen LogP contribution in [-0.4, -0.2) is 16.0 Å². The van der Waals surface area contributed by atoms with Crippen molar-refractivity contribution in [3.63, 3.8) is 0 Å². The minimum absolute atomic E-state index is 0.261. The van der Waals surface area contributed by atoms with E-state index in [1.54, 1.807) is 24.3 Å². The van der Waals surface area contributed by atoms with Gasteiger partial charge in [-0.3, -0.25) is 14.5 Å². The molecule has 1 aliphatic heterocycles. The van der Waals surface area contributed by atoms with Crippen LogP contribution >= 0.6 is 35.0 Å². The van der Waals surface area contributed by atoms with Gasteiger partial charge in [0, 0.05) is 10.0 Å².